The summed E-state index contributed by atoms with van der Waals surface area (Å²) in [6, 6.07) is 3.52. The SMILES string of the molecule is CN=C(NCC(=O)N(C)C)NCC(O)c1ccc(C)o1. The molecule has 3 N–H and O–H groups in total. The van der Waals surface area contributed by atoms with Crippen molar-refractivity contribution in [1.29, 1.82) is 0 Å². The van der Waals surface area contributed by atoms with Crippen LogP contribution in [0.1, 0.15) is 17.6 Å². The Morgan fingerprint density at radius 3 is 2.65 bits per heavy atom. The average molecular weight is 282 g/mol. The van der Waals surface area contributed by atoms with Crippen molar-refractivity contribution >= 4 is 11.9 Å². The number of nitrogens with zero attached hydrogens (tertiary/aromatic N) is 2. The summed E-state index contributed by atoms with van der Waals surface area (Å²) in [6.45, 7) is 2.20. The lowest BCUT2D eigenvalue weighted by Crippen LogP contribution is -2.43. The second kappa shape index (κ2) is 7.54. The molecule has 1 atom stereocenters. The third-order valence-corrected chi connectivity index (χ3v) is 2.68. The van der Waals surface area contributed by atoms with E-state index in [-0.39, 0.29) is 19.0 Å². The van der Waals surface area contributed by atoms with Gasteiger partial charge in [-0.15, -0.1) is 0 Å². The number of aliphatic hydroxyl groups is 1. The number of amides is 1. The van der Waals surface area contributed by atoms with Gasteiger partial charge in [0.15, 0.2) is 5.96 Å². The van der Waals surface area contributed by atoms with Gasteiger partial charge in [-0.05, 0) is 19.1 Å². The van der Waals surface area contributed by atoms with E-state index in [4.69, 9.17) is 4.42 Å². The number of hydrogen-bond acceptors (Lipinski definition) is 4. The fourth-order valence-electron chi connectivity index (χ4n) is 1.46. The number of furan rings is 1. The van der Waals surface area contributed by atoms with Crippen molar-refractivity contribution in [3.63, 3.8) is 0 Å². The molecular weight excluding hydrogens is 260 g/mol. The second-order valence-corrected chi connectivity index (χ2v) is 4.56. The largest absolute Gasteiger partial charge is 0.464 e. The zero-order valence-corrected chi connectivity index (χ0v) is 12.3. The molecule has 1 unspecified atom stereocenters. The number of aliphatic imine (C=N–C) groups is 1. The minimum atomic E-state index is -0.771. The molecule has 20 heavy (non-hydrogen) atoms. The highest BCUT2D eigenvalue weighted by molar-refractivity contribution is 5.86. The number of rotatable bonds is 5. The standard InChI is InChI=1S/C13H22N4O3/c1-9-5-6-11(20-9)10(18)7-15-13(14-2)16-8-12(19)17(3)4/h5-6,10,18H,7-8H2,1-4H3,(H2,14,15,16). The molecule has 0 fully saturated rings. The zero-order chi connectivity index (χ0) is 15.1. The molecule has 1 heterocycles. The molecule has 0 saturated carbocycles. The van der Waals surface area contributed by atoms with Crippen LogP contribution in [-0.4, -0.2) is 56.1 Å². The van der Waals surface area contributed by atoms with Crippen molar-refractivity contribution in [2.24, 2.45) is 4.99 Å². The Hall–Kier alpha value is -2.02. The van der Waals surface area contributed by atoms with Crippen LogP contribution in [0.5, 0.6) is 0 Å². The summed E-state index contributed by atoms with van der Waals surface area (Å²) in [5.74, 6) is 1.63. The molecule has 0 aliphatic heterocycles. The first-order chi connectivity index (χ1) is 9.43. The highest BCUT2D eigenvalue weighted by atomic mass is 16.4. The van der Waals surface area contributed by atoms with E-state index in [0.717, 1.165) is 5.76 Å². The Morgan fingerprint density at radius 1 is 1.45 bits per heavy atom. The van der Waals surface area contributed by atoms with E-state index in [0.29, 0.717) is 11.7 Å². The Labute approximate surface area is 118 Å². The predicted octanol–water partition coefficient (Wildman–Crippen LogP) is -0.125. The lowest BCUT2D eigenvalue weighted by molar-refractivity contribution is -0.127. The Morgan fingerprint density at radius 2 is 2.15 bits per heavy atom. The van der Waals surface area contributed by atoms with E-state index in [9.17, 15) is 9.90 Å². The van der Waals surface area contributed by atoms with Crippen molar-refractivity contribution in [2.45, 2.75) is 13.0 Å². The van der Waals surface area contributed by atoms with Gasteiger partial charge in [0.05, 0.1) is 13.1 Å². The zero-order valence-electron chi connectivity index (χ0n) is 12.3. The van der Waals surface area contributed by atoms with Crippen LogP contribution in [0.15, 0.2) is 21.5 Å². The summed E-state index contributed by atoms with van der Waals surface area (Å²) >= 11 is 0. The molecule has 1 amide bonds. The van der Waals surface area contributed by atoms with Crippen LogP contribution in [0.2, 0.25) is 0 Å². The molecule has 1 rings (SSSR count). The van der Waals surface area contributed by atoms with Gasteiger partial charge in [-0.3, -0.25) is 9.79 Å². The number of aliphatic hydroxyl groups excluding tert-OH is 1. The van der Waals surface area contributed by atoms with Crippen LogP contribution in [-0.2, 0) is 4.79 Å². The Bertz CT molecular complexity index is 468. The molecule has 7 heteroatoms. The second-order valence-electron chi connectivity index (χ2n) is 4.56. The van der Waals surface area contributed by atoms with Gasteiger partial charge in [0.2, 0.25) is 5.91 Å². The highest BCUT2D eigenvalue weighted by Crippen LogP contribution is 2.14. The molecule has 0 radical (unpaired) electrons. The van der Waals surface area contributed by atoms with Gasteiger partial charge >= 0.3 is 0 Å². The first-order valence-corrected chi connectivity index (χ1v) is 6.33. The molecule has 0 aliphatic rings. The first-order valence-electron chi connectivity index (χ1n) is 6.33. The average Bonchev–Trinajstić information content (AvgIpc) is 2.84. The van der Waals surface area contributed by atoms with Crippen molar-refractivity contribution < 1.29 is 14.3 Å². The van der Waals surface area contributed by atoms with E-state index < -0.39 is 6.10 Å². The maximum atomic E-state index is 11.4. The fraction of sp³-hybridized carbons (Fsp3) is 0.538. The Balaban J connectivity index is 2.40. The molecule has 0 bridgehead atoms. The summed E-state index contributed by atoms with van der Waals surface area (Å²) in [7, 11) is 4.96. The molecule has 0 saturated heterocycles. The summed E-state index contributed by atoms with van der Waals surface area (Å²) < 4.78 is 5.33. The van der Waals surface area contributed by atoms with E-state index in [1.165, 1.54) is 4.90 Å². The number of carbonyl (C=O) groups excluding carboxylic acids is 1. The minimum Gasteiger partial charge on any atom is -0.464 e. The molecule has 0 aliphatic carbocycles. The molecule has 7 nitrogen and oxygen atoms in total. The van der Waals surface area contributed by atoms with Gasteiger partial charge in [-0.25, -0.2) is 0 Å². The van der Waals surface area contributed by atoms with Crippen LogP contribution in [0.4, 0.5) is 0 Å². The number of aryl methyl sites for hydroxylation is 1. The molecule has 1 aromatic heterocycles. The van der Waals surface area contributed by atoms with Gasteiger partial charge in [0.25, 0.3) is 0 Å². The number of likely N-dealkylation sites (N-methyl/N-ethyl adjacent to an activating group) is 1. The van der Waals surface area contributed by atoms with Gasteiger partial charge in [0, 0.05) is 21.1 Å². The van der Waals surface area contributed by atoms with E-state index in [1.54, 1.807) is 33.3 Å². The third-order valence-electron chi connectivity index (χ3n) is 2.68. The molecular formula is C13H22N4O3. The minimum absolute atomic E-state index is 0.0600. The molecule has 0 aromatic carbocycles. The van der Waals surface area contributed by atoms with Gasteiger partial charge < -0.3 is 25.1 Å². The van der Waals surface area contributed by atoms with Crippen molar-refractivity contribution in [1.82, 2.24) is 15.5 Å². The Kier molecular flexibility index (Phi) is 6.05. The molecule has 1 aromatic rings. The van der Waals surface area contributed by atoms with E-state index in [1.807, 2.05) is 6.92 Å². The predicted molar refractivity (Wildman–Crippen MR) is 76.5 cm³/mol. The van der Waals surface area contributed by atoms with Crippen LogP contribution in [0.3, 0.4) is 0 Å². The smallest absolute Gasteiger partial charge is 0.241 e. The van der Waals surface area contributed by atoms with Crippen molar-refractivity contribution in [3.8, 4) is 0 Å². The molecule has 0 spiro atoms. The van der Waals surface area contributed by atoms with Crippen molar-refractivity contribution in [2.75, 3.05) is 34.2 Å². The van der Waals surface area contributed by atoms with Crippen LogP contribution < -0.4 is 10.6 Å². The summed E-state index contributed by atoms with van der Waals surface area (Å²) in [4.78, 5) is 16.9. The lowest BCUT2D eigenvalue weighted by Gasteiger charge is -2.15. The fourth-order valence-corrected chi connectivity index (χ4v) is 1.46. The number of carbonyl (C=O) groups is 1. The first kappa shape index (κ1) is 16.0. The third kappa shape index (κ3) is 4.93. The van der Waals surface area contributed by atoms with Gasteiger partial charge in [0.1, 0.15) is 17.6 Å². The summed E-state index contributed by atoms with van der Waals surface area (Å²) in [6.07, 6.45) is -0.771. The van der Waals surface area contributed by atoms with E-state index >= 15 is 0 Å². The maximum absolute atomic E-state index is 11.4. The number of nitrogens with one attached hydrogen (secondary N) is 2. The highest BCUT2D eigenvalue weighted by Gasteiger charge is 2.12. The van der Waals surface area contributed by atoms with Crippen LogP contribution in [0, 0.1) is 6.92 Å². The van der Waals surface area contributed by atoms with E-state index in [2.05, 4.69) is 15.6 Å². The quantitative estimate of drug-likeness (QED) is 0.517. The van der Waals surface area contributed by atoms with Crippen LogP contribution in [0.25, 0.3) is 0 Å². The summed E-state index contributed by atoms with van der Waals surface area (Å²) in [5, 5.41) is 15.7. The molecule has 112 valence electrons. The van der Waals surface area contributed by atoms with Crippen molar-refractivity contribution in [3.05, 3.63) is 23.7 Å². The summed E-state index contributed by atoms with van der Waals surface area (Å²) in [5.41, 5.74) is 0. The van der Waals surface area contributed by atoms with Gasteiger partial charge in [-0.1, -0.05) is 0 Å². The number of guanidine groups is 1. The maximum Gasteiger partial charge on any atom is 0.241 e. The normalized spacial score (nSPS) is 12.9. The number of hydrogen-bond donors (Lipinski definition) is 3. The monoisotopic (exact) mass is 282 g/mol. The lowest BCUT2D eigenvalue weighted by atomic mass is 10.3. The van der Waals surface area contributed by atoms with Crippen LogP contribution >= 0.6 is 0 Å². The van der Waals surface area contributed by atoms with Gasteiger partial charge in [-0.2, -0.15) is 0 Å². The topological polar surface area (TPSA) is 90.1 Å².